The number of ether oxygens (including phenoxy) is 1. The Morgan fingerprint density at radius 3 is 2.48 bits per heavy atom. The van der Waals surface area contributed by atoms with Crippen molar-refractivity contribution in [3.63, 3.8) is 0 Å². The van der Waals surface area contributed by atoms with Crippen LogP contribution in [0.5, 0.6) is 0 Å². The number of nitrogens with zero attached hydrogens (tertiary/aromatic N) is 1. The van der Waals surface area contributed by atoms with E-state index in [1.807, 2.05) is 38.1 Å². The van der Waals surface area contributed by atoms with Crippen molar-refractivity contribution in [3.8, 4) is 11.8 Å². The van der Waals surface area contributed by atoms with Crippen LogP contribution < -0.4 is 0 Å². The first-order valence-corrected chi connectivity index (χ1v) is 7.82. The maximum absolute atomic E-state index is 11.0. The molecule has 0 N–H and O–H groups in total. The SMILES string of the molecule is CC(C)(C#Cc1ccc(Br)cc1)OCc1ccccc1[N+](=O)[O-]. The van der Waals surface area contributed by atoms with Crippen molar-refractivity contribution in [2.75, 3.05) is 0 Å². The lowest BCUT2D eigenvalue weighted by molar-refractivity contribution is -0.386. The van der Waals surface area contributed by atoms with Gasteiger partial charge in [0.25, 0.3) is 5.69 Å². The van der Waals surface area contributed by atoms with Gasteiger partial charge in [-0.25, -0.2) is 0 Å². The standard InChI is InChI=1S/C18H16BrNO3/c1-18(2,12-11-14-7-9-16(19)10-8-14)23-13-15-5-3-4-6-17(15)20(21)22/h3-10H,13H2,1-2H3. The molecule has 0 amide bonds. The van der Waals surface area contributed by atoms with E-state index in [9.17, 15) is 10.1 Å². The van der Waals surface area contributed by atoms with Crippen LogP contribution in [0.3, 0.4) is 0 Å². The summed E-state index contributed by atoms with van der Waals surface area (Å²) in [6.45, 7) is 3.82. The minimum absolute atomic E-state index is 0.0594. The molecule has 0 radical (unpaired) electrons. The van der Waals surface area contributed by atoms with Crippen molar-refractivity contribution in [1.29, 1.82) is 0 Å². The van der Waals surface area contributed by atoms with Gasteiger partial charge in [-0.1, -0.05) is 39.9 Å². The van der Waals surface area contributed by atoms with Gasteiger partial charge in [-0.3, -0.25) is 10.1 Å². The van der Waals surface area contributed by atoms with Gasteiger partial charge in [-0.15, -0.1) is 0 Å². The fraction of sp³-hybridized carbons (Fsp3) is 0.222. The smallest absolute Gasteiger partial charge is 0.274 e. The molecule has 2 aromatic carbocycles. The van der Waals surface area contributed by atoms with E-state index in [0.29, 0.717) is 5.56 Å². The fourth-order valence-electron chi connectivity index (χ4n) is 1.86. The van der Waals surface area contributed by atoms with Gasteiger partial charge in [0.05, 0.1) is 17.1 Å². The van der Waals surface area contributed by atoms with Crippen LogP contribution in [0.1, 0.15) is 25.0 Å². The summed E-state index contributed by atoms with van der Waals surface area (Å²) >= 11 is 3.38. The molecule has 0 aliphatic carbocycles. The molecule has 0 spiro atoms. The zero-order chi connectivity index (χ0) is 16.9. The van der Waals surface area contributed by atoms with Crippen LogP contribution in [-0.2, 0) is 11.3 Å². The maximum atomic E-state index is 11.0. The monoisotopic (exact) mass is 373 g/mol. The Bertz CT molecular complexity index is 758. The number of hydrogen-bond donors (Lipinski definition) is 0. The molecule has 0 bridgehead atoms. The van der Waals surface area contributed by atoms with E-state index in [2.05, 4.69) is 27.8 Å². The van der Waals surface area contributed by atoms with Gasteiger partial charge in [0.15, 0.2) is 0 Å². The van der Waals surface area contributed by atoms with Gasteiger partial charge in [0.1, 0.15) is 5.60 Å². The lowest BCUT2D eigenvalue weighted by atomic mass is 10.1. The molecule has 0 saturated heterocycles. The molecule has 5 heteroatoms. The second-order valence-electron chi connectivity index (χ2n) is 5.44. The molecule has 0 atom stereocenters. The molecule has 0 fully saturated rings. The van der Waals surface area contributed by atoms with E-state index in [1.54, 1.807) is 18.2 Å². The number of rotatable bonds is 4. The van der Waals surface area contributed by atoms with E-state index >= 15 is 0 Å². The molecule has 0 unspecified atom stereocenters. The predicted octanol–water partition coefficient (Wildman–Crippen LogP) is 4.70. The average molecular weight is 374 g/mol. The Kier molecular flexibility index (Phi) is 5.54. The second kappa shape index (κ2) is 7.40. The van der Waals surface area contributed by atoms with Gasteiger partial charge in [0.2, 0.25) is 0 Å². The molecule has 0 aliphatic heterocycles. The molecule has 2 aromatic rings. The first kappa shape index (κ1) is 17.2. The Labute approximate surface area is 143 Å². The molecule has 0 heterocycles. The quantitative estimate of drug-likeness (QED) is 0.443. The van der Waals surface area contributed by atoms with E-state index in [-0.39, 0.29) is 12.3 Å². The lowest BCUT2D eigenvalue weighted by Gasteiger charge is -2.18. The summed E-state index contributed by atoms with van der Waals surface area (Å²) in [6.07, 6.45) is 0. The topological polar surface area (TPSA) is 52.4 Å². The minimum atomic E-state index is -0.712. The van der Waals surface area contributed by atoms with Crippen molar-refractivity contribution in [2.24, 2.45) is 0 Å². The van der Waals surface area contributed by atoms with Crippen LogP contribution in [0.25, 0.3) is 0 Å². The van der Waals surface area contributed by atoms with Crippen LogP contribution in [0.15, 0.2) is 53.0 Å². The maximum Gasteiger partial charge on any atom is 0.274 e. The Balaban J connectivity index is 2.08. The number of hydrogen-bond acceptors (Lipinski definition) is 3. The third kappa shape index (κ3) is 5.20. The number of nitro groups is 1. The number of nitro benzene ring substituents is 1. The molecule has 0 aromatic heterocycles. The normalized spacial score (nSPS) is 10.7. The molecule has 2 rings (SSSR count). The highest BCUT2D eigenvalue weighted by Crippen LogP contribution is 2.21. The van der Waals surface area contributed by atoms with Crippen LogP contribution in [0.2, 0.25) is 0 Å². The first-order valence-electron chi connectivity index (χ1n) is 7.02. The highest BCUT2D eigenvalue weighted by Gasteiger charge is 2.18. The van der Waals surface area contributed by atoms with Gasteiger partial charge in [-0.05, 0) is 44.2 Å². The lowest BCUT2D eigenvalue weighted by Crippen LogP contribution is -2.22. The summed E-state index contributed by atoms with van der Waals surface area (Å²) in [5.74, 6) is 6.11. The molecular formula is C18H16BrNO3. The summed E-state index contributed by atoms with van der Waals surface area (Å²) in [5, 5.41) is 11.0. The van der Waals surface area contributed by atoms with Gasteiger partial charge in [-0.2, -0.15) is 0 Å². The third-order valence-corrected chi connectivity index (χ3v) is 3.66. The van der Waals surface area contributed by atoms with Crippen LogP contribution in [-0.4, -0.2) is 10.5 Å². The summed E-state index contributed by atoms with van der Waals surface area (Å²) in [5.41, 5.74) is 0.771. The molecule has 118 valence electrons. The predicted molar refractivity (Wildman–Crippen MR) is 93.0 cm³/mol. The Morgan fingerprint density at radius 1 is 1.17 bits per heavy atom. The first-order chi connectivity index (χ1) is 10.9. The Hall–Kier alpha value is -2.16. The number of halogens is 1. The number of para-hydroxylation sites is 1. The molecule has 4 nitrogen and oxygen atoms in total. The summed E-state index contributed by atoms with van der Waals surface area (Å²) in [6, 6.07) is 14.2. The fourth-order valence-corrected chi connectivity index (χ4v) is 2.13. The average Bonchev–Trinajstić information content (AvgIpc) is 2.53. The highest BCUT2D eigenvalue weighted by molar-refractivity contribution is 9.10. The zero-order valence-electron chi connectivity index (χ0n) is 12.9. The van der Waals surface area contributed by atoms with Crippen LogP contribution in [0, 0.1) is 22.0 Å². The Morgan fingerprint density at radius 2 is 1.83 bits per heavy atom. The van der Waals surface area contributed by atoms with E-state index in [0.717, 1.165) is 10.0 Å². The molecule has 23 heavy (non-hydrogen) atoms. The molecule has 0 saturated carbocycles. The summed E-state index contributed by atoms with van der Waals surface area (Å²) in [7, 11) is 0. The second-order valence-corrected chi connectivity index (χ2v) is 6.36. The molecular weight excluding hydrogens is 358 g/mol. The largest absolute Gasteiger partial charge is 0.358 e. The van der Waals surface area contributed by atoms with Crippen molar-refractivity contribution >= 4 is 21.6 Å². The van der Waals surface area contributed by atoms with Crippen molar-refractivity contribution in [3.05, 3.63) is 74.2 Å². The van der Waals surface area contributed by atoms with Crippen molar-refractivity contribution in [2.45, 2.75) is 26.1 Å². The van der Waals surface area contributed by atoms with Gasteiger partial charge in [0, 0.05) is 16.1 Å². The number of benzene rings is 2. The van der Waals surface area contributed by atoms with Crippen molar-refractivity contribution < 1.29 is 9.66 Å². The van der Waals surface area contributed by atoms with Crippen LogP contribution >= 0.6 is 15.9 Å². The van der Waals surface area contributed by atoms with Crippen LogP contribution in [0.4, 0.5) is 5.69 Å². The van der Waals surface area contributed by atoms with E-state index in [4.69, 9.17) is 4.74 Å². The van der Waals surface area contributed by atoms with E-state index < -0.39 is 10.5 Å². The third-order valence-electron chi connectivity index (χ3n) is 3.13. The minimum Gasteiger partial charge on any atom is -0.358 e. The molecule has 0 aliphatic rings. The zero-order valence-corrected chi connectivity index (χ0v) is 14.5. The summed E-state index contributed by atoms with van der Waals surface area (Å²) in [4.78, 5) is 10.6. The van der Waals surface area contributed by atoms with Gasteiger partial charge < -0.3 is 4.74 Å². The highest BCUT2D eigenvalue weighted by atomic mass is 79.9. The van der Waals surface area contributed by atoms with E-state index in [1.165, 1.54) is 6.07 Å². The van der Waals surface area contributed by atoms with Gasteiger partial charge >= 0.3 is 0 Å². The summed E-state index contributed by atoms with van der Waals surface area (Å²) < 4.78 is 6.76. The van der Waals surface area contributed by atoms with Crippen molar-refractivity contribution in [1.82, 2.24) is 0 Å².